The lowest BCUT2D eigenvalue weighted by Gasteiger charge is -2.21. The SMILES string of the molecule is CN1CC[C@@H]2CN(c3nc4c(c(=O)[nH]c(=O)n4C)n3C)C[C@@H]21. The maximum absolute atomic E-state index is 12.1. The van der Waals surface area contributed by atoms with Crippen LogP contribution in [0.4, 0.5) is 5.95 Å². The van der Waals surface area contributed by atoms with Crippen LogP contribution in [0.3, 0.4) is 0 Å². The van der Waals surface area contributed by atoms with E-state index in [2.05, 4.69) is 26.8 Å². The van der Waals surface area contributed by atoms with E-state index >= 15 is 0 Å². The molecule has 0 aromatic carbocycles. The zero-order chi connectivity index (χ0) is 15.6. The van der Waals surface area contributed by atoms with E-state index in [1.54, 1.807) is 11.6 Å². The number of nitrogens with zero attached hydrogens (tertiary/aromatic N) is 5. The summed E-state index contributed by atoms with van der Waals surface area (Å²) in [7, 11) is 5.63. The monoisotopic (exact) mass is 304 g/mol. The predicted octanol–water partition coefficient (Wildman–Crippen LogP) is -0.899. The molecule has 2 aromatic heterocycles. The van der Waals surface area contributed by atoms with Crippen molar-refractivity contribution in [1.82, 2.24) is 24.0 Å². The molecule has 4 heterocycles. The molecule has 2 saturated heterocycles. The molecule has 118 valence electrons. The summed E-state index contributed by atoms with van der Waals surface area (Å²) in [5.41, 5.74) is 0.0789. The number of fused-ring (bicyclic) bond motifs is 2. The van der Waals surface area contributed by atoms with Crippen molar-refractivity contribution in [1.29, 1.82) is 0 Å². The van der Waals surface area contributed by atoms with E-state index in [4.69, 9.17) is 0 Å². The van der Waals surface area contributed by atoms with Crippen molar-refractivity contribution in [3.05, 3.63) is 20.8 Å². The highest BCUT2D eigenvalue weighted by Gasteiger charge is 2.40. The van der Waals surface area contributed by atoms with Gasteiger partial charge in [-0.25, -0.2) is 4.79 Å². The minimum atomic E-state index is -0.430. The molecular formula is C14H20N6O2. The molecule has 22 heavy (non-hydrogen) atoms. The Morgan fingerprint density at radius 3 is 2.64 bits per heavy atom. The molecule has 2 aliphatic rings. The van der Waals surface area contributed by atoms with E-state index in [1.807, 2.05) is 7.05 Å². The molecule has 0 bridgehead atoms. The highest BCUT2D eigenvalue weighted by atomic mass is 16.2. The van der Waals surface area contributed by atoms with Gasteiger partial charge in [0, 0.05) is 33.2 Å². The van der Waals surface area contributed by atoms with Gasteiger partial charge in [-0.15, -0.1) is 0 Å². The van der Waals surface area contributed by atoms with Crippen molar-refractivity contribution in [3.63, 3.8) is 0 Å². The van der Waals surface area contributed by atoms with Crippen LogP contribution in [-0.2, 0) is 14.1 Å². The lowest BCUT2D eigenvalue weighted by molar-refractivity contribution is 0.310. The van der Waals surface area contributed by atoms with Gasteiger partial charge in [-0.3, -0.25) is 14.3 Å². The Morgan fingerprint density at radius 1 is 1.14 bits per heavy atom. The molecule has 8 heteroatoms. The number of aryl methyl sites for hydroxylation is 2. The van der Waals surface area contributed by atoms with Gasteiger partial charge >= 0.3 is 5.69 Å². The van der Waals surface area contributed by atoms with Gasteiger partial charge in [-0.2, -0.15) is 4.98 Å². The van der Waals surface area contributed by atoms with Crippen LogP contribution >= 0.6 is 0 Å². The minimum absolute atomic E-state index is 0.379. The van der Waals surface area contributed by atoms with Crippen LogP contribution in [0, 0.1) is 5.92 Å². The van der Waals surface area contributed by atoms with Gasteiger partial charge < -0.3 is 14.4 Å². The van der Waals surface area contributed by atoms with Crippen molar-refractivity contribution in [3.8, 4) is 0 Å². The van der Waals surface area contributed by atoms with Crippen LogP contribution in [0.15, 0.2) is 9.59 Å². The number of aromatic nitrogens is 4. The number of likely N-dealkylation sites (N-methyl/N-ethyl adjacent to an activating group) is 1. The molecule has 0 amide bonds. The van der Waals surface area contributed by atoms with Gasteiger partial charge in [0.25, 0.3) is 5.56 Å². The lowest BCUT2D eigenvalue weighted by Crippen LogP contribution is -2.33. The number of aromatic amines is 1. The maximum atomic E-state index is 12.1. The molecule has 2 fully saturated rings. The van der Waals surface area contributed by atoms with Gasteiger partial charge in [0.1, 0.15) is 0 Å². The number of imidazole rings is 1. The molecule has 2 aromatic rings. The second-order valence-electron chi connectivity index (χ2n) is 6.46. The normalized spacial score (nSPS) is 25.3. The van der Waals surface area contributed by atoms with Crippen LogP contribution in [0.2, 0.25) is 0 Å². The van der Waals surface area contributed by atoms with Crippen molar-refractivity contribution in [2.24, 2.45) is 20.0 Å². The van der Waals surface area contributed by atoms with E-state index < -0.39 is 5.69 Å². The number of hydrogen-bond acceptors (Lipinski definition) is 5. The van der Waals surface area contributed by atoms with Crippen molar-refractivity contribution >= 4 is 17.1 Å². The van der Waals surface area contributed by atoms with E-state index in [-0.39, 0.29) is 5.56 Å². The molecule has 0 spiro atoms. The molecule has 0 aliphatic carbocycles. The summed E-state index contributed by atoms with van der Waals surface area (Å²) in [4.78, 5) is 35.4. The molecule has 0 unspecified atom stereocenters. The van der Waals surface area contributed by atoms with Crippen LogP contribution in [0.1, 0.15) is 6.42 Å². The topological polar surface area (TPSA) is 79.2 Å². The fourth-order valence-electron chi connectivity index (χ4n) is 3.92. The van der Waals surface area contributed by atoms with Crippen LogP contribution in [0.5, 0.6) is 0 Å². The molecule has 0 radical (unpaired) electrons. The van der Waals surface area contributed by atoms with Gasteiger partial charge in [0.05, 0.1) is 0 Å². The molecule has 4 rings (SSSR count). The first-order valence-electron chi connectivity index (χ1n) is 7.58. The number of H-pyrrole nitrogens is 1. The average molecular weight is 304 g/mol. The first-order valence-corrected chi connectivity index (χ1v) is 7.58. The minimum Gasteiger partial charge on any atom is -0.340 e. The number of likely N-dealkylation sites (tertiary alicyclic amines) is 1. The number of nitrogens with one attached hydrogen (secondary N) is 1. The van der Waals surface area contributed by atoms with Crippen LogP contribution < -0.4 is 16.1 Å². The molecule has 8 nitrogen and oxygen atoms in total. The van der Waals surface area contributed by atoms with E-state index in [1.165, 1.54) is 11.0 Å². The van der Waals surface area contributed by atoms with Crippen molar-refractivity contribution < 1.29 is 0 Å². The lowest BCUT2D eigenvalue weighted by atomic mass is 10.1. The number of hydrogen-bond donors (Lipinski definition) is 1. The fourth-order valence-corrected chi connectivity index (χ4v) is 3.92. The zero-order valence-corrected chi connectivity index (χ0v) is 13.0. The van der Waals surface area contributed by atoms with Gasteiger partial charge in [0.2, 0.25) is 5.95 Å². The number of rotatable bonds is 1. The highest BCUT2D eigenvalue weighted by molar-refractivity contribution is 5.74. The van der Waals surface area contributed by atoms with E-state index in [0.29, 0.717) is 23.1 Å². The summed E-state index contributed by atoms with van der Waals surface area (Å²) in [6.07, 6.45) is 1.21. The Hall–Kier alpha value is -2.09. The van der Waals surface area contributed by atoms with Crippen molar-refractivity contribution in [2.45, 2.75) is 12.5 Å². The van der Waals surface area contributed by atoms with Crippen LogP contribution in [-0.4, -0.2) is 56.7 Å². The summed E-state index contributed by atoms with van der Waals surface area (Å²) in [6, 6.07) is 0.557. The Kier molecular flexibility index (Phi) is 2.75. The Bertz CT molecular complexity index is 863. The maximum Gasteiger partial charge on any atom is 0.329 e. The number of anilines is 1. The Morgan fingerprint density at radius 2 is 1.91 bits per heavy atom. The third kappa shape index (κ3) is 1.70. The predicted molar refractivity (Wildman–Crippen MR) is 83.3 cm³/mol. The molecule has 1 N–H and O–H groups in total. The summed E-state index contributed by atoms with van der Waals surface area (Å²) < 4.78 is 3.19. The van der Waals surface area contributed by atoms with E-state index in [9.17, 15) is 9.59 Å². The highest BCUT2D eigenvalue weighted by Crippen LogP contribution is 2.33. The second kappa shape index (κ2) is 4.45. The summed E-state index contributed by atoms with van der Waals surface area (Å²) in [5.74, 6) is 1.43. The second-order valence-corrected chi connectivity index (χ2v) is 6.46. The zero-order valence-electron chi connectivity index (χ0n) is 13.0. The fraction of sp³-hybridized carbons (Fsp3) is 0.643. The molecular weight excluding hydrogens is 284 g/mol. The van der Waals surface area contributed by atoms with Gasteiger partial charge in [-0.1, -0.05) is 0 Å². The van der Waals surface area contributed by atoms with Gasteiger partial charge in [-0.05, 0) is 25.9 Å². The Balaban J connectivity index is 1.82. The average Bonchev–Trinajstić information content (AvgIpc) is 3.11. The standard InChI is InChI=1S/C14H20N6O2/c1-17-5-4-8-6-20(7-9(8)17)13-15-11-10(18(13)2)12(21)16-14(22)19(11)3/h8-9H,4-7H2,1-3H3,(H,16,21,22)/t8-,9+/m1/s1. The smallest absolute Gasteiger partial charge is 0.329 e. The summed E-state index contributed by atoms with van der Waals surface area (Å²) in [6.45, 7) is 3.03. The summed E-state index contributed by atoms with van der Waals surface area (Å²) in [5, 5.41) is 0. The van der Waals surface area contributed by atoms with Crippen LogP contribution in [0.25, 0.3) is 11.2 Å². The molecule has 0 saturated carbocycles. The Labute approximate surface area is 127 Å². The molecule has 2 atom stereocenters. The molecule has 2 aliphatic heterocycles. The first kappa shape index (κ1) is 13.6. The largest absolute Gasteiger partial charge is 0.340 e. The summed E-state index contributed by atoms with van der Waals surface area (Å²) >= 11 is 0. The third-order valence-electron chi connectivity index (χ3n) is 5.22. The quantitative estimate of drug-likeness (QED) is 0.739. The third-order valence-corrected chi connectivity index (χ3v) is 5.22. The van der Waals surface area contributed by atoms with Crippen molar-refractivity contribution in [2.75, 3.05) is 31.6 Å². The van der Waals surface area contributed by atoms with E-state index in [0.717, 1.165) is 25.6 Å². The first-order chi connectivity index (χ1) is 10.5. The van der Waals surface area contributed by atoms with Gasteiger partial charge in [0.15, 0.2) is 11.2 Å².